The van der Waals surface area contributed by atoms with Crippen LogP contribution in [-0.2, 0) is 17.9 Å². The van der Waals surface area contributed by atoms with Gasteiger partial charge in [-0.25, -0.2) is 0 Å². The summed E-state index contributed by atoms with van der Waals surface area (Å²) < 4.78 is 0. The average molecular weight is 444 g/mol. The van der Waals surface area contributed by atoms with Gasteiger partial charge in [0.05, 0.1) is 13.2 Å². The third kappa shape index (κ3) is 4.60. The second-order valence-electron chi connectivity index (χ2n) is 6.12. The summed E-state index contributed by atoms with van der Waals surface area (Å²) in [6, 6.07) is 8.30. The Morgan fingerprint density at radius 2 is 2.08 bits per heavy atom. The molecular weight excluding hydrogens is 419 g/mol. The average Bonchev–Trinajstić information content (AvgIpc) is 3.40. The van der Waals surface area contributed by atoms with Crippen LogP contribution in [0.5, 0.6) is 0 Å². The predicted molar refractivity (Wildman–Crippen MR) is 104 cm³/mol. The van der Waals surface area contributed by atoms with Crippen molar-refractivity contribution < 1.29 is 9.90 Å². The highest BCUT2D eigenvalue weighted by Crippen LogP contribution is 2.28. The summed E-state index contributed by atoms with van der Waals surface area (Å²) >= 11 is 0. The van der Waals surface area contributed by atoms with Crippen LogP contribution in [0.25, 0.3) is 0 Å². The SMILES string of the molecule is CN=C(NCc1cccc(CO)c1)N1CCN(C2CC2)C(=O)C1.I. The van der Waals surface area contributed by atoms with E-state index < -0.39 is 0 Å². The van der Waals surface area contributed by atoms with Gasteiger partial charge in [0.25, 0.3) is 0 Å². The molecule has 2 aliphatic rings. The highest BCUT2D eigenvalue weighted by atomic mass is 127. The number of halogens is 1. The van der Waals surface area contributed by atoms with Crippen molar-refractivity contribution in [1.29, 1.82) is 0 Å². The molecule has 1 saturated heterocycles. The van der Waals surface area contributed by atoms with Crippen LogP contribution in [0, 0.1) is 0 Å². The van der Waals surface area contributed by atoms with Crippen molar-refractivity contribution in [3.8, 4) is 0 Å². The fourth-order valence-electron chi connectivity index (χ4n) is 2.99. The third-order valence-electron chi connectivity index (χ3n) is 4.38. The molecule has 0 aromatic heterocycles. The third-order valence-corrected chi connectivity index (χ3v) is 4.38. The van der Waals surface area contributed by atoms with Crippen LogP contribution in [0.2, 0.25) is 0 Å². The van der Waals surface area contributed by atoms with Crippen molar-refractivity contribution >= 4 is 35.8 Å². The van der Waals surface area contributed by atoms with Gasteiger partial charge in [0.15, 0.2) is 5.96 Å². The molecule has 7 heteroatoms. The second-order valence-corrected chi connectivity index (χ2v) is 6.12. The van der Waals surface area contributed by atoms with E-state index in [9.17, 15) is 9.90 Å². The Morgan fingerprint density at radius 3 is 2.71 bits per heavy atom. The van der Waals surface area contributed by atoms with Crippen LogP contribution in [0.15, 0.2) is 29.3 Å². The van der Waals surface area contributed by atoms with Crippen molar-refractivity contribution in [2.45, 2.75) is 32.0 Å². The number of nitrogens with one attached hydrogen (secondary N) is 1. The number of piperazine rings is 1. The molecule has 1 amide bonds. The molecule has 0 unspecified atom stereocenters. The Balaban J connectivity index is 0.00000208. The number of hydrogen-bond donors (Lipinski definition) is 2. The fraction of sp³-hybridized carbons (Fsp3) is 0.529. The molecule has 24 heavy (non-hydrogen) atoms. The normalized spacial score (nSPS) is 18.4. The van der Waals surface area contributed by atoms with Gasteiger partial charge < -0.3 is 20.2 Å². The molecule has 1 saturated carbocycles. The van der Waals surface area contributed by atoms with Gasteiger partial charge in [-0.3, -0.25) is 9.79 Å². The largest absolute Gasteiger partial charge is 0.392 e. The Bertz CT molecular complexity index is 604. The summed E-state index contributed by atoms with van der Waals surface area (Å²) in [7, 11) is 1.74. The minimum absolute atomic E-state index is 0. The van der Waals surface area contributed by atoms with Crippen molar-refractivity contribution in [2.24, 2.45) is 4.99 Å². The summed E-state index contributed by atoms with van der Waals surface area (Å²) in [6.45, 7) is 2.66. The molecule has 2 fully saturated rings. The number of benzene rings is 1. The minimum Gasteiger partial charge on any atom is -0.392 e. The number of carbonyl (C=O) groups is 1. The molecule has 132 valence electrons. The van der Waals surface area contributed by atoms with Crippen LogP contribution in [-0.4, -0.2) is 59.5 Å². The molecule has 0 spiro atoms. The smallest absolute Gasteiger partial charge is 0.242 e. The van der Waals surface area contributed by atoms with Crippen molar-refractivity contribution in [2.75, 3.05) is 26.7 Å². The zero-order valence-electron chi connectivity index (χ0n) is 13.9. The number of aliphatic hydroxyl groups is 1. The predicted octanol–water partition coefficient (Wildman–Crippen LogP) is 1.18. The van der Waals surface area contributed by atoms with E-state index >= 15 is 0 Å². The number of aliphatic imine (C=N–C) groups is 1. The van der Waals surface area contributed by atoms with Gasteiger partial charge >= 0.3 is 0 Å². The van der Waals surface area contributed by atoms with E-state index in [1.165, 1.54) is 0 Å². The first-order valence-electron chi connectivity index (χ1n) is 8.15. The van der Waals surface area contributed by atoms with Gasteiger partial charge in [0.2, 0.25) is 5.91 Å². The molecule has 3 rings (SSSR count). The van der Waals surface area contributed by atoms with Gasteiger partial charge in [-0.15, -0.1) is 24.0 Å². The van der Waals surface area contributed by atoms with Gasteiger partial charge in [-0.2, -0.15) is 0 Å². The van der Waals surface area contributed by atoms with E-state index in [0.29, 0.717) is 19.1 Å². The lowest BCUT2D eigenvalue weighted by Crippen LogP contribution is -2.55. The first-order valence-corrected chi connectivity index (χ1v) is 8.15. The molecular formula is C17H25IN4O2. The molecule has 1 aromatic rings. The molecule has 1 heterocycles. The maximum absolute atomic E-state index is 12.2. The standard InChI is InChI=1S/C17H24N4O2.HI/c1-18-17(19-10-13-3-2-4-14(9-13)12-22)20-7-8-21(15-5-6-15)16(23)11-20;/h2-4,9,15,22H,5-8,10-12H2,1H3,(H,18,19);1H. The molecule has 2 N–H and O–H groups in total. The van der Waals surface area contributed by atoms with Crippen LogP contribution >= 0.6 is 24.0 Å². The van der Waals surface area contributed by atoms with Gasteiger partial charge in [0.1, 0.15) is 0 Å². The highest BCUT2D eigenvalue weighted by molar-refractivity contribution is 14.0. The van der Waals surface area contributed by atoms with Gasteiger partial charge in [0, 0.05) is 32.7 Å². The molecule has 1 aliphatic carbocycles. The number of aliphatic hydroxyl groups excluding tert-OH is 1. The Hall–Kier alpha value is -1.35. The zero-order valence-corrected chi connectivity index (χ0v) is 16.3. The van der Waals surface area contributed by atoms with Crippen molar-refractivity contribution in [3.05, 3.63) is 35.4 Å². The lowest BCUT2D eigenvalue weighted by Gasteiger charge is -2.36. The molecule has 6 nitrogen and oxygen atoms in total. The number of carbonyl (C=O) groups excluding carboxylic acids is 1. The van der Waals surface area contributed by atoms with Crippen molar-refractivity contribution in [3.63, 3.8) is 0 Å². The summed E-state index contributed by atoms with van der Waals surface area (Å²) in [5.74, 6) is 0.951. The Kier molecular flexibility index (Phi) is 6.85. The maximum Gasteiger partial charge on any atom is 0.242 e. The molecule has 0 bridgehead atoms. The zero-order chi connectivity index (χ0) is 16.2. The highest BCUT2D eigenvalue weighted by Gasteiger charge is 2.36. The Labute approximate surface area is 159 Å². The van der Waals surface area contributed by atoms with E-state index in [1.807, 2.05) is 34.1 Å². The van der Waals surface area contributed by atoms with Crippen LogP contribution in [0.4, 0.5) is 0 Å². The van der Waals surface area contributed by atoms with Crippen LogP contribution < -0.4 is 5.32 Å². The quantitative estimate of drug-likeness (QED) is 0.416. The maximum atomic E-state index is 12.2. The van der Waals surface area contributed by atoms with E-state index in [2.05, 4.69) is 10.3 Å². The lowest BCUT2D eigenvalue weighted by atomic mass is 10.1. The van der Waals surface area contributed by atoms with E-state index in [4.69, 9.17) is 0 Å². The van der Waals surface area contributed by atoms with Gasteiger partial charge in [-0.05, 0) is 24.0 Å². The number of hydrogen-bond acceptors (Lipinski definition) is 3. The number of nitrogens with zero attached hydrogens (tertiary/aromatic N) is 3. The summed E-state index contributed by atoms with van der Waals surface area (Å²) in [4.78, 5) is 20.6. The van der Waals surface area contributed by atoms with Crippen LogP contribution in [0.3, 0.4) is 0 Å². The lowest BCUT2D eigenvalue weighted by molar-refractivity contribution is -0.135. The Morgan fingerprint density at radius 1 is 1.33 bits per heavy atom. The minimum atomic E-state index is 0. The second kappa shape index (κ2) is 8.66. The summed E-state index contributed by atoms with van der Waals surface area (Å²) in [5, 5.41) is 12.5. The first-order chi connectivity index (χ1) is 11.2. The monoisotopic (exact) mass is 444 g/mol. The van der Waals surface area contributed by atoms with E-state index in [-0.39, 0.29) is 36.5 Å². The molecule has 1 aliphatic heterocycles. The summed E-state index contributed by atoms with van der Waals surface area (Å²) in [5.41, 5.74) is 1.98. The number of guanidine groups is 1. The van der Waals surface area contributed by atoms with Crippen LogP contribution in [0.1, 0.15) is 24.0 Å². The molecule has 0 atom stereocenters. The number of rotatable bonds is 4. The molecule has 1 aromatic carbocycles. The van der Waals surface area contributed by atoms with E-state index in [0.717, 1.165) is 43.0 Å². The number of amides is 1. The first kappa shape index (κ1) is 19.0. The van der Waals surface area contributed by atoms with E-state index in [1.54, 1.807) is 7.05 Å². The van der Waals surface area contributed by atoms with Crippen molar-refractivity contribution in [1.82, 2.24) is 15.1 Å². The molecule has 0 radical (unpaired) electrons. The fourth-order valence-corrected chi connectivity index (χ4v) is 2.99. The summed E-state index contributed by atoms with van der Waals surface area (Å²) in [6.07, 6.45) is 2.31. The van der Waals surface area contributed by atoms with Gasteiger partial charge in [-0.1, -0.05) is 24.3 Å². The topological polar surface area (TPSA) is 68.2 Å².